The summed E-state index contributed by atoms with van der Waals surface area (Å²) in [7, 11) is 0. The van der Waals surface area contributed by atoms with Crippen molar-refractivity contribution in [3.8, 4) is 0 Å². The molecule has 7 atom stereocenters. The first-order valence-electron chi connectivity index (χ1n) is 12.6. The van der Waals surface area contributed by atoms with Crippen LogP contribution in [0.1, 0.15) is 45.6 Å². The van der Waals surface area contributed by atoms with Crippen molar-refractivity contribution in [3.63, 3.8) is 0 Å². The number of ether oxygens (including phenoxy) is 1. The molecule has 1 aromatic rings. The Balaban J connectivity index is 1.66. The van der Waals surface area contributed by atoms with Gasteiger partial charge < -0.3 is 25.4 Å². The molecule has 3 fully saturated rings. The standard InChI is InChI=1S/C26H36BrN3O5/c1-4-5-11-28-24(33)22-26-12-17(27)21(35-26)19(23(32)29-13-16-9-7-6-8-10-16)20(26)25(34)30(22)18(14-31)15(2)3/h6-10,15,17-22,31H,4-5,11-14H2,1-3H3,(H,28,33)(H,29,32)/t17?,18-,19-,20-,21-,22?,26?/m0/s1. The summed E-state index contributed by atoms with van der Waals surface area (Å²) in [6.07, 6.45) is 1.71. The Bertz CT molecular complexity index is 944. The largest absolute Gasteiger partial charge is 0.394 e. The van der Waals surface area contributed by atoms with Crippen LogP contribution in [0.15, 0.2) is 30.3 Å². The molecule has 3 aliphatic rings. The van der Waals surface area contributed by atoms with Crippen LogP contribution in [-0.4, -0.2) is 69.5 Å². The van der Waals surface area contributed by atoms with E-state index in [9.17, 15) is 19.5 Å². The second-order valence-corrected chi connectivity index (χ2v) is 11.4. The zero-order chi connectivity index (χ0) is 25.3. The first kappa shape index (κ1) is 26.1. The third-order valence-corrected chi connectivity index (χ3v) is 8.58. The van der Waals surface area contributed by atoms with Gasteiger partial charge in [0.15, 0.2) is 0 Å². The number of likely N-dealkylation sites (tertiary alicyclic amines) is 1. The maximum Gasteiger partial charge on any atom is 0.245 e. The number of aliphatic hydroxyl groups excluding tert-OH is 1. The van der Waals surface area contributed by atoms with E-state index in [2.05, 4.69) is 26.6 Å². The Hall–Kier alpha value is -1.97. The van der Waals surface area contributed by atoms with Gasteiger partial charge in [0.25, 0.3) is 0 Å². The topological polar surface area (TPSA) is 108 Å². The van der Waals surface area contributed by atoms with E-state index in [4.69, 9.17) is 4.74 Å². The van der Waals surface area contributed by atoms with Crippen molar-refractivity contribution >= 4 is 33.7 Å². The summed E-state index contributed by atoms with van der Waals surface area (Å²) in [5.74, 6) is -2.37. The van der Waals surface area contributed by atoms with Gasteiger partial charge in [-0.3, -0.25) is 14.4 Å². The highest BCUT2D eigenvalue weighted by Gasteiger charge is 2.77. The predicted molar refractivity (Wildman–Crippen MR) is 134 cm³/mol. The van der Waals surface area contributed by atoms with Crippen LogP contribution in [0.5, 0.6) is 0 Å². The highest BCUT2D eigenvalue weighted by atomic mass is 79.9. The van der Waals surface area contributed by atoms with E-state index < -0.39 is 35.6 Å². The molecule has 3 heterocycles. The van der Waals surface area contributed by atoms with Crippen LogP contribution in [0.25, 0.3) is 0 Å². The van der Waals surface area contributed by atoms with Crippen molar-refractivity contribution in [1.82, 2.24) is 15.5 Å². The molecule has 0 aromatic heterocycles. The zero-order valence-corrected chi connectivity index (χ0v) is 22.2. The molecule has 1 spiro atoms. The second-order valence-electron chi connectivity index (χ2n) is 10.3. The van der Waals surface area contributed by atoms with Gasteiger partial charge in [-0.05, 0) is 24.3 Å². The van der Waals surface area contributed by atoms with Gasteiger partial charge in [-0.1, -0.05) is 73.5 Å². The quantitative estimate of drug-likeness (QED) is 0.305. The maximum absolute atomic E-state index is 14.0. The third kappa shape index (κ3) is 4.51. The molecule has 35 heavy (non-hydrogen) atoms. The molecular formula is C26H36BrN3O5. The summed E-state index contributed by atoms with van der Waals surface area (Å²) in [5, 5.41) is 16.2. The molecule has 1 aromatic carbocycles. The van der Waals surface area contributed by atoms with Crippen molar-refractivity contribution in [2.75, 3.05) is 13.2 Å². The molecule has 3 saturated heterocycles. The van der Waals surface area contributed by atoms with Crippen molar-refractivity contribution in [2.45, 2.75) is 75.2 Å². The lowest BCUT2D eigenvalue weighted by atomic mass is 9.70. The molecule has 0 saturated carbocycles. The SMILES string of the molecule is CCCCNC(=O)C1N([C@@H](CO)C(C)C)C(=O)[C@@H]2[C@H](C(=O)NCc3ccccc3)[C@H]3OC12CC3Br. The van der Waals surface area contributed by atoms with Gasteiger partial charge in [-0.2, -0.15) is 0 Å². The number of carbonyl (C=O) groups excluding carboxylic acids is 3. The smallest absolute Gasteiger partial charge is 0.245 e. The van der Waals surface area contributed by atoms with E-state index in [1.54, 1.807) is 0 Å². The van der Waals surface area contributed by atoms with Crippen LogP contribution in [0.3, 0.4) is 0 Å². The van der Waals surface area contributed by atoms with Crippen LogP contribution in [0.4, 0.5) is 0 Å². The molecule has 8 nitrogen and oxygen atoms in total. The van der Waals surface area contributed by atoms with Crippen molar-refractivity contribution < 1.29 is 24.2 Å². The molecule has 4 rings (SSSR count). The average molecular weight is 550 g/mol. The number of carbonyl (C=O) groups is 3. The van der Waals surface area contributed by atoms with Crippen molar-refractivity contribution in [3.05, 3.63) is 35.9 Å². The number of hydrogen-bond donors (Lipinski definition) is 3. The van der Waals surface area contributed by atoms with E-state index in [0.717, 1.165) is 18.4 Å². The van der Waals surface area contributed by atoms with Gasteiger partial charge in [0, 0.05) is 17.9 Å². The van der Waals surface area contributed by atoms with Crippen LogP contribution in [-0.2, 0) is 25.7 Å². The first-order chi connectivity index (χ1) is 16.8. The number of unbranched alkanes of at least 4 members (excludes halogenated alkanes) is 1. The molecule has 3 N–H and O–H groups in total. The van der Waals surface area contributed by atoms with Gasteiger partial charge in [0.1, 0.15) is 11.6 Å². The zero-order valence-electron chi connectivity index (χ0n) is 20.6. The minimum absolute atomic E-state index is 0.0764. The highest BCUT2D eigenvalue weighted by molar-refractivity contribution is 9.09. The lowest BCUT2D eigenvalue weighted by Gasteiger charge is -2.38. The highest BCUT2D eigenvalue weighted by Crippen LogP contribution is 2.60. The lowest BCUT2D eigenvalue weighted by molar-refractivity contribution is -0.146. The Morgan fingerprint density at radius 2 is 1.94 bits per heavy atom. The molecule has 3 amide bonds. The summed E-state index contributed by atoms with van der Waals surface area (Å²) >= 11 is 3.68. The summed E-state index contributed by atoms with van der Waals surface area (Å²) in [4.78, 5) is 42.4. The lowest BCUT2D eigenvalue weighted by Crippen LogP contribution is -2.59. The first-order valence-corrected chi connectivity index (χ1v) is 13.5. The van der Waals surface area contributed by atoms with Crippen LogP contribution >= 0.6 is 15.9 Å². The molecule has 2 bridgehead atoms. The number of benzene rings is 1. The second kappa shape index (κ2) is 10.6. The fraction of sp³-hybridized carbons (Fsp3) is 0.654. The minimum Gasteiger partial charge on any atom is -0.394 e. The number of nitrogens with one attached hydrogen (secondary N) is 2. The number of aliphatic hydroxyl groups is 1. The third-order valence-electron chi connectivity index (χ3n) is 7.73. The molecule has 3 unspecified atom stereocenters. The predicted octanol–water partition coefficient (Wildman–Crippen LogP) is 1.98. The molecule has 3 aliphatic heterocycles. The van der Waals surface area contributed by atoms with E-state index in [1.807, 2.05) is 51.1 Å². The van der Waals surface area contributed by atoms with E-state index in [1.165, 1.54) is 4.90 Å². The van der Waals surface area contributed by atoms with E-state index in [0.29, 0.717) is 19.5 Å². The Kier molecular flexibility index (Phi) is 7.88. The number of amides is 3. The molecule has 0 aliphatic carbocycles. The fourth-order valence-corrected chi connectivity index (χ4v) is 6.97. The number of halogens is 1. The molecule has 0 radical (unpaired) electrons. The number of nitrogens with zero attached hydrogens (tertiary/aromatic N) is 1. The summed E-state index contributed by atoms with van der Waals surface area (Å²) in [6, 6.07) is 8.15. The summed E-state index contributed by atoms with van der Waals surface area (Å²) < 4.78 is 6.48. The van der Waals surface area contributed by atoms with Crippen LogP contribution < -0.4 is 10.6 Å². The van der Waals surface area contributed by atoms with Gasteiger partial charge in [0.2, 0.25) is 17.7 Å². The van der Waals surface area contributed by atoms with Gasteiger partial charge >= 0.3 is 0 Å². The Morgan fingerprint density at radius 1 is 1.23 bits per heavy atom. The van der Waals surface area contributed by atoms with Crippen molar-refractivity contribution in [1.29, 1.82) is 0 Å². The number of hydrogen-bond acceptors (Lipinski definition) is 5. The summed E-state index contributed by atoms with van der Waals surface area (Å²) in [5.41, 5.74) is -0.147. The van der Waals surface area contributed by atoms with Gasteiger partial charge in [-0.25, -0.2) is 0 Å². The molecular weight excluding hydrogens is 514 g/mol. The molecule has 192 valence electrons. The average Bonchev–Trinajstić information content (AvgIpc) is 3.42. The number of rotatable bonds is 10. The number of alkyl halides is 1. The normalized spacial score (nSPS) is 32.1. The van der Waals surface area contributed by atoms with Crippen LogP contribution in [0, 0.1) is 17.8 Å². The van der Waals surface area contributed by atoms with Crippen LogP contribution in [0.2, 0.25) is 0 Å². The number of fused-ring (bicyclic) bond motifs is 1. The summed E-state index contributed by atoms with van der Waals surface area (Å²) in [6.45, 7) is 6.46. The maximum atomic E-state index is 14.0. The Morgan fingerprint density at radius 3 is 2.57 bits per heavy atom. The Labute approximate surface area is 215 Å². The monoisotopic (exact) mass is 549 g/mol. The van der Waals surface area contributed by atoms with Gasteiger partial charge in [-0.15, -0.1) is 0 Å². The molecule has 9 heteroatoms. The minimum atomic E-state index is -1.11. The van der Waals surface area contributed by atoms with E-state index in [-0.39, 0.29) is 35.1 Å². The fourth-order valence-electron chi connectivity index (χ4n) is 6.03. The van der Waals surface area contributed by atoms with Gasteiger partial charge in [0.05, 0.1) is 30.6 Å². The van der Waals surface area contributed by atoms with Crippen molar-refractivity contribution in [2.24, 2.45) is 17.8 Å². The van der Waals surface area contributed by atoms with E-state index >= 15 is 0 Å².